The molecule has 2 heterocycles. The Bertz CT molecular complexity index is 801. The van der Waals surface area contributed by atoms with Crippen LogP contribution in [0.15, 0.2) is 53.8 Å². The van der Waals surface area contributed by atoms with Crippen molar-refractivity contribution in [2.45, 2.75) is 13.5 Å². The number of hydrogen-bond donors (Lipinski definition) is 1. The normalized spacial score (nSPS) is 11.3. The molecular weight excluding hydrogens is 282 g/mol. The molecule has 0 atom stereocenters. The fourth-order valence-corrected chi connectivity index (χ4v) is 2.91. The molecule has 0 unspecified atom stereocenters. The summed E-state index contributed by atoms with van der Waals surface area (Å²) in [6.45, 7) is 2.30. The fraction of sp³-hybridized carbons (Fsp3) is 0.125. The first kappa shape index (κ1) is 13.6. The van der Waals surface area contributed by atoms with Gasteiger partial charge in [-0.1, -0.05) is 18.2 Å². The molecule has 3 rings (SSSR count). The van der Waals surface area contributed by atoms with Crippen LogP contribution in [0.4, 0.5) is 0 Å². The second kappa shape index (κ2) is 5.93. The summed E-state index contributed by atoms with van der Waals surface area (Å²) in [5.74, 6) is -0.138. The Morgan fingerprint density at radius 3 is 2.95 bits per heavy atom. The smallest absolute Gasteiger partial charge is 0.259 e. The maximum atomic E-state index is 11.9. The number of fused-ring (bicyclic) bond motifs is 1. The van der Waals surface area contributed by atoms with Gasteiger partial charge in [-0.3, -0.25) is 4.79 Å². The molecule has 1 amide bonds. The van der Waals surface area contributed by atoms with Gasteiger partial charge in [-0.2, -0.15) is 5.10 Å². The molecule has 0 bridgehead atoms. The van der Waals surface area contributed by atoms with E-state index in [1.807, 2.05) is 60.2 Å². The van der Waals surface area contributed by atoms with Gasteiger partial charge in [-0.15, -0.1) is 11.3 Å². The predicted molar refractivity (Wildman–Crippen MR) is 86.7 cm³/mol. The molecule has 1 N–H and O–H groups in total. The molecule has 4 nitrogen and oxygen atoms in total. The van der Waals surface area contributed by atoms with E-state index in [0.717, 1.165) is 15.8 Å². The van der Waals surface area contributed by atoms with Crippen LogP contribution in [0.2, 0.25) is 0 Å². The lowest BCUT2D eigenvalue weighted by Gasteiger charge is -2.03. The molecule has 3 aromatic rings. The third-order valence-electron chi connectivity index (χ3n) is 3.14. The molecule has 0 saturated heterocycles. The number of thiophene rings is 1. The number of nitrogens with one attached hydrogen (secondary N) is 1. The zero-order valence-electron chi connectivity index (χ0n) is 11.6. The number of hydrazone groups is 1. The van der Waals surface area contributed by atoms with E-state index in [2.05, 4.69) is 10.5 Å². The van der Waals surface area contributed by atoms with Crippen LogP contribution in [0.1, 0.15) is 9.75 Å². The Morgan fingerprint density at radius 1 is 1.29 bits per heavy atom. The molecule has 2 aromatic heterocycles. The number of nitrogens with zero attached hydrogens (tertiary/aromatic N) is 2. The number of rotatable bonds is 4. The van der Waals surface area contributed by atoms with Gasteiger partial charge < -0.3 is 4.57 Å². The minimum absolute atomic E-state index is 0.138. The highest BCUT2D eigenvalue weighted by molar-refractivity contribution is 7.13. The van der Waals surface area contributed by atoms with E-state index in [9.17, 15) is 4.79 Å². The summed E-state index contributed by atoms with van der Waals surface area (Å²) >= 11 is 1.64. The number of aryl methyl sites for hydroxylation is 1. The highest BCUT2D eigenvalue weighted by Gasteiger charge is 2.04. The van der Waals surface area contributed by atoms with Crippen LogP contribution in [0, 0.1) is 6.92 Å². The van der Waals surface area contributed by atoms with E-state index in [0.29, 0.717) is 0 Å². The quantitative estimate of drug-likeness (QED) is 0.583. The van der Waals surface area contributed by atoms with E-state index >= 15 is 0 Å². The second-order valence-corrected chi connectivity index (χ2v) is 6.06. The van der Waals surface area contributed by atoms with Crippen molar-refractivity contribution < 1.29 is 4.79 Å². The summed E-state index contributed by atoms with van der Waals surface area (Å²) in [7, 11) is 0. The van der Waals surface area contributed by atoms with Crippen LogP contribution in [-0.2, 0) is 11.3 Å². The summed E-state index contributed by atoms with van der Waals surface area (Å²) in [5, 5.41) is 5.12. The van der Waals surface area contributed by atoms with Crippen LogP contribution in [0.3, 0.4) is 0 Å². The van der Waals surface area contributed by atoms with Crippen molar-refractivity contribution in [3.05, 3.63) is 58.4 Å². The summed E-state index contributed by atoms with van der Waals surface area (Å²) in [6, 6.07) is 14.0. The SMILES string of the molecule is Cc1ccc(/C=N/NC(=O)Cn2ccc3ccccc32)s1. The molecule has 0 aliphatic heterocycles. The minimum Gasteiger partial charge on any atom is -0.338 e. The van der Waals surface area contributed by atoms with Crippen LogP contribution in [-0.4, -0.2) is 16.7 Å². The van der Waals surface area contributed by atoms with Gasteiger partial charge >= 0.3 is 0 Å². The molecule has 0 aliphatic carbocycles. The van der Waals surface area contributed by atoms with Gasteiger partial charge in [0.05, 0.1) is 6.21 Å². The number of amides is 1. The van der Waals surface area contributed by atoms with Crippen LogP contribution in [0.5, 0.6) is 0 Å². The Balaban J connectivity index is 1.63. The first-order valence-corrected chi connectivity index (χ1v) is 7.46. The average molecular weight is 297 g/mol. The summed E-state index contributed by atoms with van der Waals surface area (Å²) in [5.41, 5.74) is 3.61. The largest absolute Gasteiger partial charge is 0.338 e. The zero-order valence-corrected chi connectivity index (χ0v) is 12.4. The summed E-state index contributed by atoms with van der Waals surface area (Å²) in [6.07, 6.45) is 3.58. The Labute approximate surface area is 126 Å². The number of para-hydroxylation sites is 1. The Hall–Kier alpha value is -2.40. The number of carbonyl (C=O) groups is 1. The first-order chi connectivity index (χ1) is 10.2. The molecule has 1 aromatic carbocycles. The van der Waals surface area contributed by atoms with Gasteiger partial charge in [0.1, 0.15) is 6.54 Å². The molecule has 0 radical (unpaired) electrons. The number of aromatic nitrogens is 1. The topological polar surface area (TPSA) is 46.4 Å². The highest BCUT2D eigenvalue weighted by atomic mass is 32.1. The number of carbonyl (C=O) groups excluding carboxylic acids is 1. The molecule has 21 heavy (non-hydrogen) atoms. The van der Waals surface area contributed by atoms with Crippen molar-refractivity contribution >= 4 is 34.4 Å². The van der Waals surface area contributed by atoms with Gasteiger partial charge in [0.15, 0.2) is 0 Å². The van der Waals surface area contributed by atoms with Crippen molar-refractivity contribution in [2.24, 2.45) is 5.10 Å². The van der Waals surface area contributed by atoms with Crippen LogP contribution < -0.4 is 5.43 Å². The van der Waals surface area contributed by atoms with Gasteiger partial charge in [-0.05, 0) is 36.6 Å². The summed E-state index contributed by atoms with van der Waals surface area (Å²) in [4.78, 5) is 14.2. The molecular formula is C16H15N3OS. The first-order valence-electron chi connectivity index (χ1n) is 6.64. The highest BCUT2D eigenvalue weighted by Crippen LogP contribution is 2.14. The third kappa shape index (κ3) is 3.20. The third-order valence-corrected chi connectivity index (χ3v) is 4.07. The van der Waals surface area contributed by atoms with Crippen molar-refractivity contribution in [1.82, 2.24) is 9.99 Å². The average Bonchev–Trinajstić information content (AvgIpc) is 3.06. The van der Waals surface area contributed by atoms with Gasteiger partial charge in [-0.25, -0.2) is 5.43 Å². The number of hydrogen-bond acceptors (Lipinski definition) is 3. The van der Waals surface area contributed by atoms with Gasteiger partial charge in [0, 0.05) is 21.5 Å². The molecule has 106 valence electrons. The van der Waals surface area contributed by atoms with E-state index in [1.54, 1.807) is 17.6 Å². The molecule has 5 heteroatoms. The molecule has 0 fully saturated rings. The molecule has 0 spiro atoms. The summed E-state index contributed by atoms with van der Waals surface area (Å²) < 4.78 is 1.91. The maximum Gasteiger partial charge on any atom is 0.259 e. The van der Waals surface area contributed by atoms with Crippen molar-refractivity contribution in [3.63, 3.8) is 0 Å². The molecule has 0 aliphatic rings. The Kier molecular flexibility index (Phi) is 3.83. The zero-order chi connectivity index (χ0) is 14.7. The van der Waals surface area contributed by atoms with Crippen molar-refractivity contribution in [3.8, 4) is 0 Å². The monoisotopic (exact) mass is 297 g/mol. The predicted octanol–water partition coefficient (Wildman–Crippen LogP) is 3.16. The van der Waals surface area contributed by atoms with Crippen molar-refractivity contribution in [1.29, 1.82) is 0 Å². The van der Waals surface area contributed by atoms with E-state index in [4.69, 9.17) is 0 Å². The fourth-order valence-electron chi connectivity index (χ4n) is 2.16. The lowest BCUT2D eigenvalue weighted by molar-refractivity contribution is -0.121. The Morgan fingerprint density at radius 2 is 2.14 bits per heavy atom. The van der Waals surface area contributed by atoms with Crippen LogP contribution >= 0.6 is 11.3 Å². The van der Waals surface area contributed by atoms with E-state index in [-0.39, 0.29) is 12.5 Å². The lowest BCUT2D eigenvalue weighted by atomic mass is 10.2. The van der Waals surface area contributed by atoms with E-state index < -0.39 is 0 Å². The number of benzene rings is 1. The minimum atomic E-state index is -0.138. The van der Waals surface area contributed by atoms with E-state index in [1.165, 1.54) is 4.88 Å². The maximum absolute atomic E-state index is 11.9. The van der Waals surface area contributed by atoms with Gasteiger partial charge in [0.25, 0.3) is 5.91 Å². The molecule has 0 saturated carbocycles. The lowest BCUT2D eigenvalue weighted by Crippen LogP contribution is -2.22. The van der Waals surface area contributed by atoms with Crippen LogP contribution in [0.25, 0.3) is 10.9 Å². The van der Waals surface area contributed by atoms with Gasteiger partial charge in [0.2, 0.25) is 0 Å². The second-order valence-electron chi connectivity index (χ2n) is 4.74. The van der Waals surface area contributed by atoms with Crippen molar-refractivity contribution in [2.75, 3.05) is 0 Å². The standard InChI is InChI=1S/C16H15N3OS/c1-12-6-7-14(21-12)10-17-18-16(20)11-19-9-8-13-4-2-3-5-15(13)19/h2-10H,11H2,1H3,(H,18,20)/b17-10+.